The van der Waals surface area contributed by atoms with Crippen molar-refractivity contribution in [3.63, 3.8) is 0 Å². The van der Waals surface area contributed by atoms with Crippen LogP contribution in [0.3, 0.4) is 0 Å². The van der Waals surface area contributed by atoms with Crippen molar-refractivity contribution < 1.29 is 32.4 Å². The van der Waals surface area contributed by atoms with Gasteiger partial charge in [0.05, 0.1) is 22.3 Å². The summed E-state index contributed by atoms with van der Waals surface area (Å²) in [6, 6.07) is 3.00. The minimum absolute atomic E-state index is 0.0128. The van der Waals surface area contributed by atoms with Crippen LogP contribution >= 0.6 is 0 Å². The normalized spacial score (nSPS) is 19.7. The molecule has 1 aliphatic rings. The average Bonchev–Trinajstić information content (AvgIpc) is 2.71. The molecule has 1 fully saturated rings. The van der Waals surface area contributed by atoms with Gasteiger partial charge < -0.3 is 20.1 Å². The number of hydrogen-bond acceptors (Lipinski definition) is 4. The Morgan fingerprint density at radius 3 is 2.19 bits per heavy atom. The molecular formula is C17H21BF3NO4. The minimum Gasteiger partial charge on any atom is -0.478 e. The second-order valence-electron chi connectivity index (χ2n) is 7.12. The van der Waals surface area contributed by atoms with Crippen molar-refractivity contribution >= 4 is 19.2 Å². The lowest BCUT2D eigenvalue weighted by molar-refractivity contribution is -0.138. The van der Waals surface area contributed by atoms with Crippen LogP contribution in [0.5, 0.6) is 0 Å². The molecule has 3 N–H and O–H groups in total. The van der Waals surface area contributed by atoms with Crippen LogP contribution in [0.15, 0.2) is 23.7 Å². The van der Waals surface area contributed by atoms with E-state index in [9.17, 15) is 18.0 Å². The Morgan fingerprint density at radius 2 is 1.77 bits per heavy atom. The second-order valence-corrected chi connectivity index (χ2v) is 7.12. The Kier molecular flexibility index (Phi) is 5.29. The van der Waals surface area contributed by atoms with Gasteiger partial charge in [-0.3, -0.25) is 0 Å². The topological polar surface area (TPSA) is 81.8 Å². The summed E-state index contributed by atoms with van der Waals surface area (Å²) < 4.78 is 51.2. The number of aromatic carboxylic acids is 1. The molecule has 0 bridgehead atoms. The maximum atomic E-state index is 13.2. The predicted molar refractivity (Wildman–Crippen MR) is 91.5 cm³/mol. The second kappa shape index (κ2) is 6.72. The highest BCUT2D eigenvalue weighted by Gasteiger charge is 2.52. The number of rotatable bonds is 4. The number of benzene rings is 1. The lowest BCUT2D eigenvalue weighted by atomic mass is 9.77. The van der Waals surface area contributed by atoms with Gasteiger partial charge in [0, 0.05) is 6.54 Å². The lowest BCUT2D eigenvalue weighted by Gasteiger charge is -2.32. The summed E-state index contributed by atoms with van der Waals surface area (Å²) in [5.74, 6) is -1.64. The van der Waals surface area contributed by atoms with E-state index in [1.165, 1.54) is 12.1 Å². The van der Waals surface area contributed by atoms with Crippen molar-refractivity contribution in [3.05, 3.63) is 40.4 Å². The summed E-state index contributed by atoms with van der Waals surface area (Å²) in [6.45, 7) is 7.42. The van der Waals surface area contributed by atoms with E-state index < -0.39 is 41.6 Å². The van der Waals surface area contributed by atoms with Crippen molar-refractivity contribution in [3.8, 4) is 0 Å². The molecule has 0 atom stereocenters. The smallest absolute Gasteiger partial charge is 0.478 e. The van der Waals surface area contributed by atoms with Crippen molar-refractivity contribution in [2.45, 2.75) is 45.1 Å². The van der Waals surface area contributed by atoms with Gasteiger partial charge in [0.2, 0.25) is 0 Å². The number of carboxylic acid groups (broad SMARTS) is 1. The van der Waals surface area contributed by atoms with E-state index in [0.717, 1.165) is 12.1 Å². The zero-order valence-corrected chi connectivity index (χ0v) is 15.0. The van der Waals surface area contributed by atoms with Gasteiger partial charge >= 0.3 is 19.3 Å². The molecule has 0 aliphatic carbocycles. The highest BCUT2D eigenvalue weighted by atomic mass is 19.4. The Hall–Kier alpha value is -1.84. The van der Waals surface area contributed by atoms with E-state index in [1.807, 2.05) is 27.7 Å². The standard InChI is InChI=1S/C17H21BF3NO4/c1-15(2)16(3,4)26-18(25-15)11(9-22)7-10-5-6-12(14(23)24)13(8-10)17(19,20)21/h5-8H,9,22H2,1-4H3,(H,23,24). The average molecular weight is 371 g/mol. The van der Waals surface area contributed by atoms with Gasteiger partial charge in [0.15, 0.2) is 0 Å². The lowest BCUT2D eigenvalue weighted by Crippen LogP contribution is -2.41. The largest absolute Gasteiger partial charge is 0.491 e. The van der Waals surface area contributed by atoms with Gasteiger partial charge in [-0.25, -0.2) is 4.79 Å². The molecule has 0 aromatic heterocycles. The van der Waals surface area contributed by atoms with Gasteiger partial charge in [0.25, 0.3) is 0 Å². The van der Waals surface area contributed by atoms with E-state index in [1.54, 1.807) is 0 Å². The first-order valence-electron chi connectivity index (χ1n) is 7.99. The first kappa shape index (κ1) is 20.5. The van der Waals surface area contributed by atoms with Crippen molar-refractivity contribution in [2.24, 2.45) is 5.73 Å². The van der Waals surface area contributed by atoms with Crippen LogP contribution < -0.4 is 5.73 Å². The fourth-order valence-corrected chi connectivity index (χ4v) is 2.50. The molecule has 1 aromatic carbocycles. The van der Waals surface area contributed by atoms with Crippen LogP contribution in [0.4, 0.5) is 13.2 Å². The van der Waals surface area contributed by atoms with Crippen LogP contribution in [0.2, 0.25) is 0 Å². The molecule has 1 heterocycles. The molecule has 1 aliphatic heterocycles. The molecule has 1 saturated heterocycles. The molecule has 0 saturated carbocycles. The zero-order chi connectivity index (χ0) is 19.9. The molecule has 0 spiro atoms. The summed E-state index contributed by atoms with van der Waals surface area (Å²) in [7, 11) is -0.793. The number of alkyl halides is 3. The molecule has 1 aromatic rings. The van der Waals surface area contributed by atoms with Gasteiger partial charge in [-0.2, -0.15) is 13.2 Å². The molecule has 0 unspecified atom stereocenters. The molecule has 9 heteroatoms. The molecule has 0 amide bonds. The number of nitrogens with two attached hydrogens (primary N) is 1. The Labute approximate surface area is 150 Å². The Balaban J connectivity index is 2.43. The third kappa shape index (κ3) is 3.95. The third-order valence-electron chi connectivity index (χ3n) is 4.72. The summed E-state index contributed by atoms with van der Waals surface area (Å²) >= 11 is 0. The van der Waals surface area contributed by atoms with Crippen molar-refractivity contribution in [1.29, 1.82) is 0 Å². The Bertz CT molecular complexity index is 728. The maximum Gasteiger partial charge on any atom is 0.491 e. The van der Waals surface area contributed by atoms with E-state index in [-0.39, 0.29) is 12.1 Å². The van der Waals surface area contributed by atoms with E-state index in [4.69, 9.17) is 20.1 Å². The number of carboxylic acids is 1. The minimum atomic E-state index is -4.79. The molecule has 0 radical (unpaired) electrons. The highest BCUT2D eigenvalue weighted by molar-refractivity contribution is 6.55. The van der Waals surface area contributed by atoms with Gasteiger partial charge in [-0.05, 0) is 50.9 Å². The summed E-state index contributed by atoms with van der Waals surface area (Å²) in [6.07, 6.45) is -3.35. The predicted octanol–water partition coefficient (Wildman–Crippen LogP) is 3.38. The number of halogens is 3. The van der Waals surface area contributed by atoms with Gasteiger partial charge in [-0.1, -0.05) is 12.1 Å². The van der Waals surface area contributed by atoms with Crippen LogP contribution in [-0.2, 0) is 15.5 Å². The first-order chi connectivity index (χ1) is 11.8. The molecule has 5 nitrogen and oxygen atoms in total. The fraction of sp³-hybridized carbons (Fsp3) is 0.471. The van der Waals surface area contributed by atoms with E-state index >= 15 is 0 Å². The first-order valence-corrected chi connectivity index (χ1v) is 7.99. The van der Waals surface area contributed by atoms with Crippen molar-refractivity contribution in [1.82, 2.24) is 0 Å². The van der Waals surface area contributed by atoms with Crippen LogP contribution in [0.25, 0.3) is 6.08 Å². The number of hydrogen-bond donors (Lipinski definition) is 2. The summed E-state index contributed by atoms with van der Waals surface area (Å²) in [4.78, 5) is 11.0. The number of carbonyl (C=O) groups is 1. The molecular weight excluding hydrogens is 350 g/mol. The van der Waals surface area contributed by atoms with Crippen LogP contribution in [0, 0.1) is 0 Å². The van der Waals surface area contributed by atoms with Crippen LogP contribution in [-0.4, -0.2) is 35.9 Å². The molecule has 2 rings (SSSR count). The van der Waals surface area contributed by atoms with Gasteiger partial charge in [0.1, 0.15) is 0 Å². The quantitative estimate of drug-likeness (QED) is 0.794. The van der Waals surface area contributed by atoms with E-state index in [2.05, 4.69) is 0 Å². The van der Waals surface area contributed by atoms with Crippen molar-refractivity contribution in [2.75, 3.05) is 6.54 Å². The Morgan fingerprint density at radius 1 is 1.23 bits per heavy atom. The third-order valence-corrected chi connectivity index (χ3v) is 4.72. The monoisotopic (exact) mass is 371 g/mol. The van der Waals surface area contributed by atoms with Crippen LogP contribution in [0.1, 0.15) is 49.2 Å². The fourth-order valence-electron chi connectivity index (χ4n) is 2.50. The molecule has 142 valence electrons. The summed E-state index contributed by atoms with van der Waals surface area (Å²) in [5.41, 5.74) is 3.10. The SMILES string of the molecule is CC1(C)OB(C(=Cc2ccc(C(=O)O)c(C(F)(F)F)c2)CN)OC1(C)C. The highest BCUT2D eigenvalue weighted by Crippen LogP contribution is 2.39. The van der Waals surface area contributed by atoms with E-state index in [0.29, 0.717) is 5.47 Å². The zero-order valence-electron chi connectivity index (χ0n) is 15.0. The van der Waals surface area contributed by atoms with Gasteiger partial charge in [-0.15, -0.1) is 0 Å². The maximum absolute atomic E-state index is 13.2. The summed E-state index contributed by atoms with van der Waals surface area (Å²) in [5, 5.41) is 8.96. The molecule has 26 heavy (non-hydrogen) atoms.